The zero-order valence-corrected chi connectivity index (χ0v) is 14.7. The van der Waals surface area contributed by atoms with E-state index in [0.717, 1.165) is 6.54 Å². The summed E-state index contributed by atoms with van der Waals surface area (Å²) < 4.78 is 10.5. The van der Waals surface area contributed by atoms with Crippen LogP contribution in [0.15, 0.2) is 18.2 Å². The SMILES string of the molecule is CNCCN(C)C(=O)C1CC(=O)N(c2cc(OC)cc(OC)c2)C1. The van der Waals surface area contributed by atoms with Crippen LogP contribution in [0.4, 0.5) is 5.69 Å². The normalized spacial score (nSPS) is 17.1. The summed E-state index contributed by atoms with van der Waals surface area (Å²) in [5, 5.41) is 3.01. The molecule has 1 saturated heterocycles. The van der Waals surface area contributed by atoms with Gasteiger partial charge in [0.2, 0.25) is 11.8 Å². The highest BCUT2D eigenvalue weighted by Crippen LogP contribution is 2.32. The molecule has 0 aromatic heterocycles. The number of amides is 2. The second-order valence-electron chi connectivity index (χ2n) is 5.84. The van der Waals surface area contributed by atoms with Gasteiger partial charge in [-0.05, 0) is 7.05 Å². The molecule has 0 bridgehead atoms. The van der Waals surface area contributed by atoms with Crippen LogP contribution in [-0.4, -0.2) is 64.7 Å². The maximum Gasteiger partial charge on any atom is 0.227 e. The lowest BCUT2D eigenvalue weighted by Gasteiger charge is -2.22. The van der Waals surface area contributed by atoms with Crippen molar-refractivity contribution in [3.05, 3.63) is 18.2 Å². The largest absolute Gasteiger partial charge is 0.497 e. The molecule has 7 nitrogen and oxygen atoms in total. The second kappa shape index (κ2) is 8.01. The molecule has 0 spiro atoms. The molecule has 2 rings (SSSR count). The molecule has 1 aliphatic heterocycles. The minimum atomic E-state index is -0.323. The Morgan fingerprint density at radius 2 is 1.92 bits per heavy atom. The van der Waals surface area contributed by atoms with Crippen molar-refractivity contribution >= 4 is 17.5 Å². The lowest BCUT2D eigenvalue weighted by atomic mass is 10.1. The first-order valence-electron chi connectivity index (χ1n) is 7.93. The molecule has 0 radical (unpaired) electrons. The molecule has 1 aromatic rings. The first kappa shape index (κ1) is 18.1. The average Bonchev–Trinajstić information content (AvgIpc) is 3.00. The summed E-state index contributed by atoms with van der Waals surface area (Å²) in [4.78, 5) is 28.2. The number of carbonyl (C=O) groups excluding carboxylic acids is 2. The highest BCUT2D eigenvalue weighted by molar-refractivity contribution is 6.00. The summed E-state index contributed by atoms with van der Waals surface area (Å²) in [5.41, 5.74) is 0.685. The van der Waals surface area contributed by atoms with E-state index >= 15 is 0 Å². The molecule has 24 heavy (non-hydrogen) atoms. The molecule has 0 aliphatic carbocycles. The Morgan fingerprint density at radius 3 is 2.46 bits per heavy atom. The van der Waals surface area contributed by atoms with Crippen LogP contribution in [0.5, 0.6) is 11.5 Å². The fourth-order valence-corrected chi connectivity index (χ4v) is 2.77. The molecule has 0 saturated carbocycles. The Balaban J connectivity index is 2.13. The molecule has 1 N–H and O–H groups in total. The van der Waals surface area contributed by atoms with E-state index in [0.29, 0.717) is 30.3 Å². The fraction of sp³-hybridized carbons (Fsp3) is 0.529. The molecular weight excluding hydrogens is 310 g/mol. The number of likely N-dealkylation sites (N-methyl/N-ethyl adjacent to an activating group) is 2. The average molecular weight is 335 g/mol. The third-order valence-corrected chi connectivity index (χ3v) is 4.20. The molecule has 7 heteroatoms. The standard InChI is InChI=1S/C17H25N3O4/c1-18-5-6-19(2)17(22)12-7-16(21)20(11-12)13-8-14(23-3)10-15(9-13)24-4/h8-10,12,18H,5-7,11H2,1-4H3. The van der Waals surface area contributed by atoms with Crippen LogP contribution < -0.4 is 19.7 Å². The fourth-order valence-electron chi connectivity index (χ4n) is 2.77. The number of nitrogens with one attached hydrogen (secondary N) is 1. The van der Waals surface area contributed by atoms with Crippen LogP contribution in [0, 0.1) is 5.92 Å². The number of hydrogen-bond donors (Lipinski definition) is 1. The molecular formula is C17H25N3O4. The van der Waals surface area contributed by atoms with Gasteiger partial charge in [0, 0.05) is 51.3 Å². The van der Waals surface area contributed by atoms with Crippen LogP contribution >= 0.6 is 0 Å². The Bertz CT molecular complexity index is 583. The number of nitrogens with zero attached hydrogens (tertiary/aromatic N) is 2. The summed E-state index contributed by atoms with van der Waals surface area (Å²) in [6, 6.07) is 5.30. The van der Waals surface area contributed by atoms with E-state index in [2.05, 4.69) is 5.32 Å². The third kappa shape index (κ3) is 3.97. The van der Waals surface area contributed by atoms with E-state index in [-0.39, 0.29) is 24.2 Å². The van der Waals surface area contributed by atoms with E-state index in [4.69, 9.17) is 9.47 Å². The predicted molar refractivity (Wildman–Crippen MR) is 91.6 cm³/mol. The Kier molecular flexibility index (Phi) is 6.03. The van der Waals surface area contributed by atoms with Gasteiger partial charge in [-0.3, -0.25) is 9.59 Å². The van der Waals surface area contributed by atoms with E-state index in [1.807, 2.05) is 7.05 Å². The summed E-state index contributed by atoms with van der Waals surface area (Å²) in [5.74, 6) is 0.828. The highest BCUT2D eigenvalue weighted by atomic mass is 16.5. The first-order chi connectivity index (χ1) is 11.5. The lowest BCUT2D eigenvalue weighted by molar-refractivity contribution is -0.134. The number of benzene rings is 1. The van der Waals surface area contributed by atoms with Crippen molar-refractivity contribution in [2.45, 2.75) is 6.42 Å². The van der Waals surface area contributed by atoms with E-state index in [1.165, 1.54) is 0 Å². The highest BCUT2D eigenvalue weighted by Gasteiger charge is 2.36. The molecule has 1 fully saturated rings. The summed E-state index contributed by atoms with van der Waals surface area (Å²) in [6.45, 7) is 1.71. The smallest absolute Gasteiger partial charge is 0.227 e. The van der Waals surface area contributed by atoms with E-state index in [1.54, 1.807) is 49.3 Å². The van der Waals surface area contributed by atoms with E-state index in [9.17, 15) is 9.59 Å². The van der Waals surface area contributed by atoms with Crippen LogP contribution in [-0.2, 0) is 9.59 Å². The number of hydrogen-bond acceptors (Lipinski definition) is 5. The molecule has 1 atom stereocenters. The summed E-state index contributed by atoms with van der Waals surface area (Å²) >= 11 is 0. The van der Waals surface area contributed by atoms with Crippen molar-refractivity contribution in [3.63, 3.8) is 0 Å². The molecule has 2 amide bonds. The Labute approximate surface area is 142 Å². The van der Waals surface area contributed by atoms with Crippen LogP contribution in [0.1, 0.15) is 6.42 Å². The number of methoxy groups -OCH3 is 2. The lowest BCUT2D eigenvalue weighted by Crippen LogP contribution is -2.38. The van der Waals surface area contributed by atoms with Crippen molar-refractivity contribution in [2.24, 2.45) is 5.92 Å². The first-order valence-corrected chi connectivity index (χ1v) is 7.93. The van der Waals surface area contributed by atoms with E-state index < -0.39 is 0 Å². The zero-order chi connectivity index (χ0) is 17.7. The quantitative estimate of drug-likeness (QED) is 0.796. The van der Waals surface area contributed by atoms with Crippen molar-refractivity contribution in [2.75, 3.05) is 52.8 Å². The van der Waals surface area contributed by atoms with Gasteiger partial charge in [-0.15, -0.1) is 0 Å². The van der Waals surface area contributed by atoms with Gasteiger partial charge in [-0.1, -0.05) is 0 Å². The molecule has 1 aromatic carbocycles. The molecule has 1 aliphatic rings. The maximum atomic E-state index is 12.5. The predicted octanol–water partition coefficient (Wildman–Crippen LogP) is 0.735. The second-order valence-corrected chi connectivity index (χ2v) is 5.84. The van der Waals surface area contributed by atoms with Crippen LogP contribution in [0.2, 0.25) is 0 Å². The van der Waals surface area contributed by atoms with Gasteiger partial charge in [-0.2, -0.15) is 0 Å². The number of rotatable bonds is 7. The molecule has 1 unspecified atom stereocenters. The van der Waals surface area contributed by atoms with Crippen molar-refractivity contribution in [1.29, 1.82) is 0 Å². The maximum absolute atomic E-state index is 12.5. The summed E-state index contributed by atoms with van der Waals surface area (Å²) in [6.07, 6.45) is 0.224. The number of carbonyl (C=O) groups is 2. The van der Waals surface area contributed by atoms with Crippen LogP contribution in [0.3, 0.4) is 0 Å². The molecule has 1 heterocycles. The summed E-state index contributed by atoms with van der Waals surface area (Å²) in [7, 11) is 6.73. The van der Waals surface area contributed by atoms with Gasteiger partial charge < -0.3 is 24.6 Å². The number of ether oxygens (including phenoxy) is 2. The van der Waals surface area contributed by atoms with Crippen LogP contribution in [0.25, 0.3) is 0 Å². The minimum Gasteiger partial charge on any atom is -0.497 e. The van der Waals surface area contributed by atoms with Gasteiger partial charge in [-0.25, -0.2) is 0 Å². The van der Waals surface area contributed by atoms with Crippen molar-refractivity contribution < 1.29 is 19.1 Å². The van der Waals surface area contributed by atoms with Gasteiger partial charge in [0.15, 0.2) is 0 Å². The minimum absolute atomic E-state index is 0.00374. The monoisotopic (exact) mass is 335 g/mol. The van der Waals surface area contributed by atoms with Crippen molar-refractivity contribution in [1.82, 2.24) is 10.2 Å². The topological polar surface area (TPSA) is 71.1 Å². The third-order valence-electron chi connectivity index (χ3n) is 4.20. The van der Waals surface area contributed by atoms with Crippen molar-refractivity contribution in [3.8, 4) is 11.5 Å². The van der Waals surface area contributed by atoms with Gasteiger partial charge in [0.25, 0.3) is 0 Å². The van der Waals surface area contributed by atoms with Gasteiger partial charge in [0.1, 0.15) is 11.5 Å². The molecule has 132 valence electrons. The number of anilines is 1. The Hall–Kier alpha value is -2.28. The van der Waals surface area contributed by atoms with Gasteiger partial charge in [0.05, 0.1) is 25.8 Å². The Morgan fingerprint density at radius 1 is 1.29 bits per heavy atom. The van der Waals surface area contributed by atoms with Gasteiger partial charge >= 0.3 is 0 Å². The zero-order valence-electron chi connectivity index (χ0n) is 14.7.